The number of nitrogens with two attached hydrogens (primary N) is 1. The lowest BCUT2D eigenvalue weighted by Crippen LogP contribution is -2.38. The summed E-state index contributed by atoms with van der Waals surface area (Å²) >= 11 is 12.3. The van der Waals surface area contributed by atoms with Crippen LogP contribution < -0.4 is 20.9 Å². The van der Waals surface area contributed by atoms with Gasteiger partial charge < -0.3 is 16.4 Å². The molecule has 0 fully saturated rings. The summed E-state index contributed by atoms with van der Waals surface area (Å²) in [6.45, 7) is 4.17. The molecule has 8 heteroatoms. The van der Waals surface area contributed by atoms with E-state index in [0.717, 1.165) is 48.9 Å². The summed E-state index contributed by atoms with van der Waals surface area (Å²) < 4.78 is 2.38. The molecule has 3 aromatic carbocycles. The minimum atomic E-state index is -0.360. The molecule has 4 aromatic rings. The van der Waals surface area contributed by atoms with Crippen LogP contribution in [0, 0.1) is 12.3 Å². The third-order valence-electron chi connectivity index (χ3n) is 7.80. The number of aromatic nitrogens is 1. The first-order valence-electron chi connectivity index (χ1n) is 15.2. The minimum Gasteiger partial charge on any atom is -0.398 e. The number of nitrogens with one attached hydrogen (secondary N) is 3. The number of halogens is 2. The molecule has 226 valence electrons. The van der Waals surface area contributed by atoms with E-state index in [4.69, 9.17) is 34.3 Å². The quantitative estimate of drug-likeness (QED) is 0.0578. The van der Waals surface area contributed by atoms with Crippen molar-refractivity contribution >= 4 is 57.1 Å². The van der Waals surface area contributed by atoms with Crippen LogP contribution in [-0.4, -0.2) is 18.2 Å². The molecular formula is C35H42Cl2N5O+. The second-order valence-corrected chi connectivity index (χ2v) is 11.8. The highest BCUT2D eigenvalue weighted by atomic mass is 35.5. The van der Waals surface area contributed by atoms with E-state index in [1.807, 2.05) is 30.3 Å². The van der Waals surface area contributed by atoms with E-state index in [-0.39, 0.29) is 11.6 Å². The van der Waals surface area contributed by atoms with E-state index in [2.05, 4.69) is 46.4 Å². The molecule has 0 saturated heterocycles. The largest absolute Gasteiger partial charge is 0.398 e. The third-order valence-corrected chi connectivity index (χ3v) is 8.38. The Morgan fingerprint density at radius 2 is 1.53 bits per heavy atom. The first kappa shape index (κ1) is 32.3. The van der Waals surface area contributed by atoms with E-state index in [1.165, 1.54) is 36.9 Å². The molecule has 1 heterocycles. The molecule has 5 N–H and O–H groups in total. The van der Waals surface area contributed by atoms with Crippen LogP contribution in [0.3, 0.4) is 0 Å². The Bertz CT molecular complexity index is 1560. The molecule has 6 nitrogen and oxygen atoms in total. The number of unbranched alkanes of at least 4 members (excludes halogenated alkanes) is 7. The number of carbonyl (C=O) groups is 1. The molecule has 0 spiro atoms. The Hall–Kier alpha value is -3.61. The molecule has 0 unspecified atom stereocenters. The number of hydrogen-bond donors (Lipinski definition) is 4. The standard InChI is InChI=1S/C35H41Cl2N5O/c1-25-22-31(38)28-14-9-11-17-33(28)42(25)21-13-7-5-3-2-4-6-12-20-40-35(43)34(39)29-15-8-10-16-32(29)41-24-26-18-19-27(36)23-30(26)37/h8-11,14-19,22-23,38H,2-7,12-13,20-21,24H2,1H3,(H3,39,40,41,43)/p+1. The van der Waals surface area contributed by atoms with Crippen LogP contribution in [0.25, 0.3) is 10.9 Å². The van der Waals surface area contributed by atoms with Crippen LogP contribution in [0.15, 0.2) is 72.8 Å². The Morgan fingerprint density at radius 1 is 0.860 bits per heavy atom. The first-order valence-corrected chi connectivity index (χ1v) is 15.9. The Morgan fingerprint density at radius 3 is 2.30 bits per heavy atom. The summed E-state index contributed by atoms with van der Waals surface area (Å²) in [6.07, 6.45) is 9.18. The number of carbonyl (C=O) groups excluding carboxylic acids is 1. The minimum absolute atomic E-state index is 0.0503. The predicted molar refractivity (Wildman–Crippen MR) is 180 cm³/mol. The lowest BCUT2D eigenvalue weighted by molar-refractivity contribution is -0.677. The van der Waals surface area contributed by atoms with Gasteiger partial charge in [0.25, 0.3) is 5.91 Å². The highest BCUT2D eigenvalue weighted by Crippen LogP contribution is 2.24. The fourth-order valence-corrected chi connectivity index (χ4v) is 5.87. The molecule has 43 heavy (non-hydrogen) atoms. The maximum Gasteiger partial charge on any atom is 0.269 e. The molecule has 0 aliphatic rings. The number of nitrogen functional groups attached to an aromatic ring is 1. The van der Waals surface area contributed by atoms with Crippen LogP contribution in [-0.2, 0) is 17.9 Å². The number of fused-ring (bicyclic) bond motifs is 1. The lowest BCUT2D eigenvalue weighted by Gasteiger charge is -2.14. The molecular weight excluding hydrogens is 577 g/mol. The highest BCUT2D eigenvalue weighted by Gasteiger charge is 2.16. The zero-order valence-corrected chi connectivity index (χ0v) is 26.4. The van der Waals surface area contributed by atoms with Gasteiger partial charge >= 0.3 is 0 Å². The topological polar surface area (TPSA) is 94.9 Å². The molecule has 1 amide bonds. The molecule has 0 bridgehead atoms. The van der Waals surface area contributed by atoms with Gasteiger partial charge in [0.2, 0.25) is 5.52 Å². The van der Waals surface area contributed by atoms with Gasteiger partial charge in [-0.1, -0.05) is 91.7 Å². The van der Waals surface area contributed by atoms with E-state index in [1.54, 1.807) is 18.2 Å². The van der Waals surface area contributed by atoms with Gasteiger partial charge in [-0.15, -0.1) is 0 Å². The van der Waals surface area contributed by atoms with Crippen molar-refractivity contribution in [3.8, 4) is 0 Å². The Kier molecular flexibility index (Phi) is 12.2. The second kappa shape index (κ2) is 16.3. The van der Waals surface area contributed by atoms with Gasteiger partial charge in [-0.3, -0.25) is 10.2 Å². The van der Waals surface area contributed by atoms with Crippen LogP contribution in [0.4, 0.5) is 11.4 Å². The van der Waals surface area contributed by atoms with Gasteiger partial charge in [0, 0.05) is 59.9 Å². The summed E-state index contributed by atoms with van der Waals surface area (Å²) in [5.74, 6) is -0.360. The van der Waals surface area contributed by atoms with Gasteiger partial charge in [-0.05, 0) is 42.7 Å². The maximum atomic E-state index is 12.7. The average molecular weight is 620 g/mol. The summed E-state index contributed by atoms with van der Waals surface area (Å²) in [6, 6.07) is 23.1. The molecule has 0 radical (unpaired) electrons. The van der Waals surface area contributed by atoms with Gasteiger partial charge in [0.15, 0.2) is 5.69 Å². The van der Waals surface area contributed by atoms with Crippen molar-refractivity contribution in [2.75, 3.05) is 17.6 Å². The first-order chi connectivity index (χ1) is 20.8. The van der Waals surface area contributed by atoms with Crippen LogP contribution >= 0.6 is 23.2 Å². The number of anilines is 2. The van der Waals surface area contributed by atoms with Crippen molar-refractivity contribution in [3.63, 3.8) is 0 Å². The normalized spacial score (nSPS) is 11.0. The molecule has 0 atom stereocenters. The smallest absolute Gasteiger partial charge is 0.269 e. The fraction of sp³-hybridized carbons (Fsp3) is 0.343. The van der Waals surface area contributed by atoms with Crippen LogP contribution in [0.1, 0.15) is 68.2 Å². The number of hydrogen-bond acceptors (Lipinski definition) is 4. The predicted octanol–water partition coefficient (Wildman–Crippen LogP) is 8.24. The van der Waals surface area contributed by atoms with E-state index < -0.39 is 0 Å². The number of aryl methyl sites for hydroxylation is 2. The van der Waals surface area contributed by atoms with Crippen molar-refractivity contribution in [3.05, 3.63) is 99.7 Å². The number of benzene rings is 3. The lowest BCUT2D eigenvalue weighted by atomic mass is 10.1. The fourth-order valence-electron chi connectivity index (χ4n) is 5.40. The summed E-state index contributed by atoms with van der Waals surface area (Å²) in [4.78, 5) is 12.7. The van der Waals surface area contributed by atoms with Crippen molar-refractivity contribution < 1.29 is 9.36 Å². The van der Waals surface area contributed by atoms with Crippen molar-refractivity contribution in [1.29, 1.82) is 5.41 Å². The summed E-state index contributed by atoms with van der Waals surface area (Å²) in [5.41, 5.74) is 11.6. The summed E-state index contributed by atoms with van der Waals surface area (Å²) in [7, 11) is 0. The zero-order valence-electron chi connectivity index (χ0n) is 24.9. The zero-order chi connectivity index (χ0) is 30.6. The van der Waals surface area contributed by atoms with Crippen LogP contribution in [0.5, 0.6) is 0 Å². The average Bonchev–Trinajstić information content (AvgIpc) is 3.00. The Labute approximate surface area is 265 Å². The number of rotatable bonds is 16. The van der Waals surface area contributed by atoms with Gasteiger partial charge in [-0.25, -0.2) is 0 Å². The third kappa shape index (κ3) is 9.19. The number of para-hydroxylation sites is 2. The number of amides is 1. The van der Waals surface area contributed by atoms with Gasteiger partial charge in [0.05, 0.1) is 11.1 Å². The summed E-state index contributed by atoms with van der Waals surface area (Å²) in [5, 5.41) is 17.0. The molecule has 1 aromatic heterocycles. The second-order valence-electron chi connectivity index (χ2n) is 11.0. The van der Waals surface area contributed by atoms with Gasteiger partial charge in [0.1, 0.15) is 12.3 Å². The monoisotopic (exact) mass is 618 g/mol. The molecule has 0 aliphatic carbocycles. The van der Waals surface area contributed by atoms with Crippen LogP contribution in [0.2, 0.25) is 10.0 Å². The van der Waals surface area contributed by atoms with Crippen molar-refractivity contribution in [1.82, 2.24) is 5.32 Å². The SMILES string of the molecule is Cc1cc(N)c2ccccc2[n+]1CCCCCCCCCCNC(=O)C(=N)c1ccccc1NCc1ccc(Cl)cc1Cl. The van der Waals surface area contributed by atoms with Crippen molar-refractivity contribution in [2.24, 2.45) is 0 Å². The maximum absolute atomic E-state index is 12.7. The van der Waals surface area contributed by atoms with Crippen molar-refractivity contribution in [2.45, 2.75) is 71.4 Å². The Balaban J connectivity index is 1.09. The highest BCUT2D eigenvalue weighted by molar-refractivity contribution is 6.45. The van der Waals surface area contributed by atoms with E-state index in [9.17, 15) is 4.79 Å². The molecule has 0 saturated carbocycles. The van der Waals surface area contributed by atoms with E-state index >= 15 is 0 Å². The number of pyridine rings is 1. The number of nitrogens with zero attached hydrogens (tertiary/aromatic N) is 1. The van der Waals surface area contributed by atoms with E-state index in [0.29, 0.717) is 34.4 Å². The van der Waals surface area contributed by atoms with Gasteiger partial charge in [-0.2, -0.15) is 4.57 Å². The molecule has 0 aliphatic heterocycles. The molecule has 4 rings (SSSR count).